The van der Waals surface area contributed by atoms with Crippen LogP contribution in [0.2, 0.25) is 0 Å². The number of imidazole rings is 1. The van der Waals surface area contributed by atoms with Gasteiger partial charge >= 0.3 is 5.97 Å². The van der Waals surface area contributed by atoms with Gasteiger partial charge in [0.25, 0.3) is 0 Å². The van der Waals surface area contributed by atoms with E-state index in [1.807, 2.05) is 24.7 Å². The molecule has 0 amide bonds. The van der Waals surface area contributed by atoms with Gasteiger partial charge in [-0.2, -0.15) is 0 Å². The fourth-order valence-electron chi connectivity index (χ4n) is 5.19. The van der Waals surface area contributed by atoms with Gasteiger partial charge in [0, 0.05) is 5.56 Å². The molecule has 1 aliphatic carbocycles. The first-order valence-corrected chi connectivity index (χ1v) is 11.3. The third-order valence-corrected chi connectivity index (χ3v) is 7.01. The van der Waals surface area contributed by atoms with Crippen molar-refractivity contribution >= 4 is 5.97 Å². The third kappa shape index (κ3) is 4.08. The SMILES string of the molecule is O=C(O)c1ccc(CO[C@H]2CC[C@H](C(O)CC3c4ccccc4-c4cncn43)CC2)cc1. The van der Waals surface area contributed by atoms with Crippen molar-refractivity contribution in [1.29, 1.82) is 0 Å². The molecule has 1 aliphatic heterocycles. The Morgan fingerprint density at radius 1 is 1.09 bits per heavy atom. The fraction of sp³-hybridized carbons (Fsp3) is 0.385. The Bertz CT molecular complexity index is 1080. The molecule has 0 bridgehead atoms. The van der Waals surface area contributed by atoms with Gasteiger partial charge < -0.3 is 19.5 Å². The Morgan fingerprint density at radius 3 is 2.59 bits per heavy atom. The minimum Gasteiger partial charge on any atom is -0.478 e. The molecule has 2 N–H and O–H groups in total. The predicted octanol–water partition coefficient (Wildman–Crippen LogP) is 4.68. The lowest BCUT2D eigenvalue weighted by atomic mass is 9.81. The topological polar surface area (TPSA) is 84.6 Å². The van der Waals surface area contributed by atoms with Gasteiger partial charge in [-0.15, -0.1) is 0 Å². The molecule has 0 saturated heterocycles. The van der Waals surface area contributed by atoms with Gasteiger partial charge in [0.05, 0.1) is 48.6 Å². The number of carboxylic acids is 1. The van der Waals surface area contributed by atoms with E-state index in [0.29, 0.717) is 13.0 Å². The molecule has 2 atom stereocenters. The molecular weight excluding hydrogens is 404 g/mol. The van der Waals surface area contributed by atoms with Crippen LogP contribution in [0.4, 0.5) is 0 Å². The summed E-state index contributed by atoms with van der Waals surface area (Å²) >= 11 is 0. The summed E-state index contributed by atoms with van der Waals surface area (Å²) in [6, 6.07) is 15.4. The maximum Gasteiger partial charge on any atom is 0.335 e. The Morgan fingerprint density at radius 2 is 1.84 bits per heavy atom. The van der Waals surface area contributed by atoms with Gasteiger partial charge in [0.15, 0.2) is 0 Å². The highest BCUT2D eigenvalue weighted by Crippen LogP contribution is 2.42. The monoisotopic (exact) mass is 432 g/mol. The summed E-state index contributed by atoms with van der Waals surface area (Å²) in [6.45, 7) is 0.486. The second-order valence-electron chi connectivity index (χ2n) is 8.94. The van der Waals surface area contributed by atoms with Crippen molar-refractivity contribution in [2.24, 2.45) is 5.92 Å². The van der Waals surface area contributed by atoms with Crippen LogP contribution in [-0.4, -0.2) is 37.9 Å². The van der Waals surface area contributed by atoms with Crippen molar-refractivity contribution in [1.82, 2.24) is 9.55 Å². The van der Waals surface area contributed by atoms with Crippen LogP contribution in [0.25, 0.3) is 11.3 Å². The van der Waals surface area contributed by atoms with Crippen molar-refractivity contribution in [2.45, 2.75) is 57.0 Å². The number of benzene rings is 2. The minimum absolute atomic E-state index is 0.140. The molecule has 3 aromatic rings. The Kier molecular flexibility index (Phi) is 5.81. The number of fused-ring (bicyclic) bond motifs is 3. The third-order valence-electron chi connectivity index (χ3n) is 7.01. The van der Waals surface area contributed by atoms with E-state index < -0.39 is 5.97 Å². The summed E-state index contributed by atoms with van der Waals surface area (Å²) in [5.41, 5.74) is 4.89. The second kappa shape index (κ2) is 8.88. The Labute approximate surface area is 187 Å². The van der Waals surface area contributed by atoms with E-state index >= 15 is 0 Å². The van der Waals surface area contributed by atoms with E-state index in [1.54, 1.807) is 12.1 Å². The van der Waals surface area contributed by atoms with Crippen LogP contribution in [-0.2, 0) is 11.3 Å². The zero-order valence-electron chi connectivity index (χ0n) is 17.9. The Hall–Kier alpha value is -2.96. The van der Waals surface area contributed by atoms with Gasteiger partial charge in [-0.25, -0.2) is 9.78 Å². The molecule has 6 heteroatoms. The van der Waals surface area contributed by atoms with Gasteiger partial charge in [-0.05, 0) is 61.3 Å². The molecule has 32 heavy (non-hydrogen) atoms. The van der Waals surface area contributed by atoms with E-state index in [-0.39, 0.29) is 29.7 Å². The van der Waals surface area contributed by atoms with Crippen LogP contribution in [0.1, 0.15) is 59.6 Å². The number of aliphatic hydroxyl groups is 1. The molecule has 5 rings (SSSR count). The van der Waals surface area contributed by atoms with Crippen molar-refractivity contribution < 1.29 is 19.7 Å². The summed E-state index contributed by atoms with van der Waals surface area (Å²) in [5, 5.41) is 20.1. The first-order valence-electron chi connectivity index (χ1n) is 11.3. The first kappa shape index (κ1) is 20.9. The van der Waals surface area contributed by atoms with E-state index in [9.17, 15) is 9.90 Å². The summed E-state index contributed by atoms with van der Waals surface area (Å²) < 4.78 is 8.26. The van der Waals surface area contributed by atoms with Crippen LogP contribution in [0, 0.1) is 5.92 Å². The highest BCUT2D eigenvalue weighted by Gasteiger charge is 2.33. The molecule has 2 aromatic carbocycles. The molecule has 166 valence electrons. The number of hydrogen-bond acceptors (Lipinski definition) is 4. The van der Waals surface area contributed by atoms with Gasteiger partial charge in [-0.3, -0.25) is 0 Å². The summed E-state index contributed by atoms with van der Waals surface area (Å²) in [6.07, 6.45) is 8.09. The zero-order chi connectivity index (χ0) is 22.1. The quantitative estimate of drug-likeness (QED) is 0.566. The van der Waals surface area contributed by atoms with Gasteiger partial charge in [-0.1, -0.05) is 36.4 Å². The lowest BCUT2D eigenvalue weighted by molar-refractivity contribution is -0.0160. The summed E-state index contributed by atoms with van der Waals surface area (Å²) in [7, 11) is 0. The summed E-state index contributed by atoms with van der Waals surface area (Å²) in [4.78, 5) is 15.3. The average molecular weight is 433 g/mol. The van der Waals surface area contributed by atoms with E-state index in [1.165, 1.54) is 11.1 Å². The lowest BCUT2D eigenvalue weighted by Crippen LogP contribution is -2.30. The molecule has 0 radical (unpaired) electrons. The number of nitrogens with zero attached hydrogens (tertiary/aromatic N) is 2. The van der Waals surface area contributed by atoms with Crippen LogP contribution in [0.5, 0.6) is 0 Å². The lowest BCUT2D eigenvalue weighted by Gasteiger charge is -2.32. The van der Waals surface area contributed by atoms with E-state index in [2.05, 4.69) is 33.8 Å². The van der Waals surface area contributed by atoms with E-state index in [4.69, 9.17) is 9.84 Å². The van der Waals surface area contributed by atoms with Crippen LogP contribution in [0.15, 0.2) is 61.1 Å². The zero-order valence-corrected chi connectivity index (χ0v) is 17.9. The predicted molar refractivity (Wildman–Crippen MR) is 120 cm³/mol. The number of aromatic carboxylic acids is 1. The van der Waals surface area contributed by atoms with E-state index in [0.717, 1.165) is 36.9 Å². The molecule has 6 nitrogen and oxygen atoms in total. The maximum atomic E-state index is 11.1. The average Bonchev–Trinajstić information content (AvgIpc) is 3.41. The molecule has 1 aromatic heterocycles. The minimum atomic E-state index is -0.917. The number of rotatable bonds is 7. The van der Waals surface area contributed by atoms with Crippen LogP contribution in [0.3, 0.4) is 0 Å². The maximum absolute atomic E-state index is 11.1. The van der Waals surface area contributed by atoms with Gasteiger partial charge in [0.2, 0.25) is 0 Å². The second-order valence-corrected chi connectivity index (χ2v) is 8.94. The Balaban J connectivity index is 1.14. The molecule has 1 saturated carbocycles. The number of hydrogen-bond donors (Lipinski definition) is 2. The standard InChI is InChI=1S/C26H28N2O4/c29-25(13-23-21-3-1-2-4-22(21)24-14-27-16-28(23)24)18-9-11-20(12-10-18)32-15-17-5-7-19(8-6-17)26(30)31/h1-8,14,16,18,20,23,25,29H,9-13,15H2,(H,30,31)/t18-,20-,23?,25?. The molecule has 2 heterocycles. The molecule has 1 fully saturated rings. The van der Waals surface area contributed by atoms with Crippen molar-refractivity contribution in [3.05, 3.63) is 77.7 Å². The highest BCUT2D eigenvalue weighted by molar-refractivity contribution is 5.87. The number of carboxylic acid groups (broad SMARTS) is 1. The highest BCUT2D eigenvalue weighted by atomic mass is 16.5. The number of carbonyl (C=O) groups is 1. The molecule has 2 unspecified atom stereocenters. The smallest absolute Gasteiger partial charge is 0.335 e. The molecule has 2 aliphatic rings. The van der Waals surface area contributed by atoms with Gasteiger partial charge in [0.1, 0.15) is 0 Å². The summed E-state index contributed by atoms with van der Waals surface area (Å²) in [5.74, 6) is -0.635. The largest absolute Gasteiger partial charge is 0.478 e. The molecule has 0 spiro atoms. The first-order chi connectivity index (χ1) is 15.6. The number of ether oxygens (including phenoxy) is 1. The van der Waals surface area contributed by atoms with Crippen LogP contribution >= 0.6 is 0 Å². The number of aliphatic hydroxyl groups excluding tert-OH is 1. The molecular formula is C26H28N2O4. The van der Waals surface area contributed by atoms with Crippen molar-refractivity contribution in [3.63, 3.8) is 0 Å². The normalized spacial score (nSPS) is 22.8. The van der Waals surface area contributed by atoms with Crippen LogP contribution < -0.4 is 0 Å². The van der Waals surface area contributed by atoms with Crippen molar-refractivity contribution in [3.8, 4) is 11.3 Å². The fourth-order valence-corrected chi connectivity index (χ4v) is 5.19. The van der Waals surface area contributed by atoms with Crippen molar-refractivity contribution in [2.75, 3.05) is 0 Å². The number of aromatic nitrogens is 2.